The predicted octanol–water partition coefficient (Wildman–Crippen LogP) is 2.44. The topological polar surface area (TPSA) is 100 Å². The van der Waals surface area contributed by atoms with Gasteiger partial charge in [-0.05, 0) is 38.3 Å². The van der Waals surface area contributed by atoms with Gasteiger partial charge < -0.3 is 18.9 Å². The molecule has 0 spiro atoms. The number of piperidine rings is 1. The molecule has 214 valence electrons. The Kier molecular flexibility index (Phi) is 9.47. The first kappa shape index (κ1) is 28.4. The van der Waals surface area contributed by atoms with Crippen LogP contribution in [0.25, 0.3) is 11.3 Å². The maximum Gasteiger partial charge on any atom is 0.274 e. The lowest BCUT2D eigenvalue weighted by Gasteiger charge is -2.35. The standard InChI is InChI=1S/C28H41N5O5S/c1-3-23-25(28(34)32-14-18-38-19-15-32)29-33(26(23)24-8-4-6-21(2)27(24)39(35)36)22-7-5-9-31(20-22)11-10-30-12-16-37-17-13-30/h4,6,8,22H,3,5,7,9-20H2,1-2H3,(H,35,36)/t22-/m0/s1. The van der Waals surface area contributed by atoms with Crippen LogP contribution < -0.4 is 0 Å². The van der Waals surface area contributed by atoms with E-state index >= 15 is 0 Å². The van der Waals surface area contributed by atoms with Crippen molar-refractivity contribution in [3.05, 3.63) is 35.0 Å². The molecule has 3 saturated heterocycles. The maximum atomic E-state index is 13.7. The van der Waals surface area contributed by atoms with Gasteiger partial charge in [0, 0.05) is 56.9 Å². The third kappa shape index (κ3) is 6.28. The molecule has 1 unspecified atom stereocenters. The molecule has 0 aliphatic carbocycles. The monoisotopic (exact) mass is 559 g/mol. The van der Waals surface area contributed by atoms with Crippen LogP contribution in [0.2, 0.25) is 0 Å². The van der Waals surface area contributed by atoms with E-state index in [1.807, 2.05) is 41.6 Å². The van der Waals surface area contributed by atoms with Crippen molar-refractivity contribution in [2.45, 2.75) is 44.0 Å². The van der Waals surface area contributed by atoms with E-state index in [2.05, 4.69) is 9.80 Å². The van der Waals surface area contributed by atoms with E-state index in [0.29, 0.717) is 48.9 Å². The summed E-state index contributed by atoms with van der Waals surface area (Å²) in [5.41, 5.74) is 3.53. The summed E-state index contributed by atoms with van der Waals surface area (Å²) < 4.78 is 35.8. The summed E-state index contributed by atoms with van der Waals surface area (Å²) in [5.74, 6) is -0.0885. The van der Waals surface area contributed by atoms with Crippen molar-refractivity contribution < 1.29 is 23.0 Å². The van der Waals surface area contributed by atoms with Gasteiger partial charge in [0.05, 0.1) is 43.1 Å². The molecule has 0 saturated carbocycles. The van der Waals surface area contributed by atoms with Crippen molar-refractivity contribution in [1.82, 2.24) is 24.5 Å². The van der Waals surface area contributed by atoms with Gasteiger partial charge in [-0.1, -0.05) is 25.1 Å². The molecular formula is C28H41N5O5S. The van der Waals surface area contributed by atoms with E-state index in [-0.39, 0.29) is 11.9 Å². The Bertz CT molecular complexity index is 1180. The fraction of sp³-hybridized carbons (Fsp3) is 0.643. The number of hydrogen-bond donors (Lipinski definition) is 1. The average Bonchev–Trinajstić information content (AvgIpc) is 3.36. The third-order valence-corrected chi connectivity index (χ3v) is 9.06. The highest BCUT2D eigenvalue weighted by molar-refractivity contribution is 7.79. The SMILES string of the molecule is CCc1c(C(=O)N2CCOCC2)nn([C@H]2CCCN(CCN3CCOCC3)C2)c1-c1cccc(C)c1S(=O)O. The van der Waals surface area contributed by atoms with Crippen LogP contribution in [0.3, 0.4) is 0 Å². The second kappa shape index (κ2) is 13.0. The molecule has 5 rings (SSSR count). The number of aryl methyl sites for hydroxylation is 1. The van der Waals surface area contributed by atoms with Gasteiger partial charge in [0.25, 0.3) is 5.91 Å². The van der Waals surface area contributed by atoms with Gasteiger partial charge >= 0.3 is 0 Å². The average molecular weight is 560 g/mol. The lowest BCUT2D eigenvalue weighted by atomic mass is 9.99. The summed E-state index contributed by atoms with van der Waals surface area (Å²) in [5, 5.41) is 5.02. The molecule has 2 aromatic rings. The molecule has 1 N–H and O–H groups in total. The summed E-state index contributed by atoms with van der Waals surface area (Å²) in [6, 6.07) is 5.73. The Morgan fingerprint density at radius 2 is 1.74 bits per heavy atom. The molecular weight excluding hydrogens is 518 g/mol. The molecule has 10 nitrogen and oxygen atoms in total. The Labute approximate surface area is 233 Å². The quantitative estimate of drug-likeness (QED) is 0.493. The van der Waals surface area contributed by atoms with E-state index in [4.69, 9.17) is 14.6 Å². The molecule has 3 aliphatic heterocycles. The zero-order valence-corrected chi connectivity index (χ0v) is 24.0. The minimum absolute atomic E-state index is 0.0652. The van der Waals surface area contributed by atoms with Crippen molar-refractivity contribution in [2.24, 2.45) is 0 Å². The van der Waals surface area contributed by atoms with Gasteiger partial charge in [-0.15, -0.1) is 0 Å². The van der Waals surface area contributed by atoms with Crippen LogP contribution >= 0.6 is 0 Å². The predicted molar refractivity (Wildman–Crippen MR) is 150 cm³/mol. The first-order valence-electron chi connectivity index (χ1n) is 14.2. The summed E-state index contributed by atoms with van der Waals surface area (Å²) >= 11 is -2.17. The first-order valence-corrected chi connectivity index (χ1v) is 15.3. The number of benzene rings is 1. The van der Waals surface area contributed by atoms with Gasteiger partial charge in [-0.25, -0.2) is 4.21 Å². The molecule has 3 aliphatic rings. The van der Waals surface area contributed by atoms with Gasteiger partial charge in [-0.2, -0.15) is 5.10 Å². The van der Waals surface area contributed by atoms with Crippen LogP contribution in [0.5, 0.6) is 0 Å². The summed E-state index contributed by atoms with van der Waals surface area (Å²) in [4.78, 5) is 20.9. The van der Waals surface area contributed by atoms with Crippen LogP contribution in [-0.4, -0.2) is 118 Å². The molecule has 0 bridgehead atoms. The molecule has 1 amide bonds. The summed E-state index contributed by atoms with van der Waals surface area (Å²) in [7, 11) is 0. The molecule has 39 heavy (non-hydrogen) atoms. The number of hydrogen-bond acceptors (Lipinski definition) is 7. The molecule has 2 atom stereocenters. The number of nitrogens with zero attached hydrogens (tertiary/aromatic N) is 5. The number of rotatable bonds is 8. The fourth-order valence-electron chi connectivity index (χ4n) is 6.05. The van der Waals surface area contributed by atoms with Crippen molar-refractivity contribution in [2.75, 3.05) is 78.8 Å². The van der Waals surface area contributed by atoms with Crippen LogP contribution in [0, 0.1) is 6.92 Å². The van der Waals surface area contributed by atoms with Crippen LogP contribution in [0.1, 0.15) is 47.4 Å². The second-order valence-corrected chi connectivity index (χ2v) is 11.5. The van der Waals surface area contributed by atoms with Crippen LogP contribution in [-0.2, 0) is 27.0 Å². The maximum absolute atomic E-state index is 13.7. The second-order valence-electron chi connectivity index (χ2n) is 10.6. The highest BCUT2D eigenvalue weighted by atomic mass is 32.2. The van der Waals surface area contributed by atoms with E-state index in [9.17, 15) is 13.6 Å². The normalized spacial score (nSPS) is 22.2. The number of carbonyl (C=O) groups excluding carboxylic acids is 1. The molecule has 3 fully saturated rings. The Balaban J connectivity index is 1.51. The largest absolute Gasteiger partial charge is 0.379 e. The number of morpholine rings is 2. The highest BCUT2D eigenvalue weighted by Gasteiger charge is 2.33. The minimum Gasteiger partial charge on any atom is -0.379 e. The lowest BCUT2D eigenvalue weighted by Crippen LogP contribution is -2.44. The first-order chi connectivity index (χ1) is 19.0. The fourth-order valence-corrected chi connectivity index (χ4v) is 6.75. The van der Waals surface area contributed by atoms with Crippen molar-refractivity contribution in [3.8, 4) is 11.3 Å². The van der Waals surface area contributed by atoms with E-state index in [1.54, 1.807) is 0 Å². The zero-order valence-electron chi connectivity index (χ0n) is 23.1. The van der Waals surface area contributed by atoms with Crippen LogP contribution in [0.15, 0.2) is 23.1 Å². The van der Waals surface area contributed by atoms with Crippen LogP contribution in [0.4, 0.5) is 0 Å². The smallest absolute Gasteiger partial charge is 0.274 e. The van der Waals surface area contributed by atoms with Gasteiger partial charge in [0.1, 0.15) is 0 Å². The van der Waals surface area contributed by atoms with E-state index < -0.39 is 11.1 Å². The van der Waals surface area contributed by atoms with E-state index in [0.717, 1.165) is 82.1 Å². The number of amides is 1. The van der Waals surface area contributed by atoms with Gasteiger partial charge in [0.15, 0.2) is 16.8 Å². The van der Waals surface area contributed by atoms with Crippen molar-refractivity contribution in [3.63, 3.8) is 0 Å². The number of carbonyl (C=O) groups is 1. The molecule has 0 radical (unpaired) electrons. The molecule has 4 heterocycles. The molecule has 1 aromatic carbocycles. The minimum atomic E-state index is -2.17. The summed E-state index contributed by atoms with van der Waals surface area (Å²) in [6.45, 7) is 13.4. The summed E-state index contributed by atoms with van der Waals surface area (Å²) in [6.07, 6.45) is 2.58. The lowest BCUT2D eigenvalue weighted by molar-refractivity contribution is 0.0294. The molecule has 1 aromatic heterocycles. The Morgan fingerprint density at radius 3 is 2.44 bits per heavy atom. The van der Waals surface area contributed by atoms with Crippen molar-refractivity contribution >= 4 is 17.0 Å². The van der Waals surface area contributed by atoms with E-state index in [1.165, 1.54) is 0 Å². The van der Waals surface area contributed by atoms with Crippen molar-refractivity contribution in [1.29, 1.82) is 0 Å². The van der Waals surface area contributed by atoms with Gasteiger partial charge in [0.2, 0.25) is 0 Å². The number of ether oxygens (including phenoxy) is 2. The number of aromatic nitrogens is 2. The molecule has 11 heteroatoms. The zero-order chi connectivity index (χ0) is 27.4. The highest BCUT2D eigenvalue weighted by Crippen LogP contribution is 2.37. The Morgan fingerprint density at radius 1 is 1.05 bits per heavy atom. The number of likely N-dealkylation sites (tertiary alicyclic amines) is 1. The Hall–Kier alpha value is -2.15. The third-order valence-electron chi connectivity index (χ3n) is 8.17. The van der Waals surface area contributed by atoms with Gasteiger partial charge in [-0.3, -0.25) is 19.3 Å².